The number of ether oxygens (including phenoxy) is 2. The molecule has 1 aromatic carbocycles. The molecule has 0 aliphatic heterocycles. The van der Waals surface area contributed by atoms with Crippen LogP contribution < -0.4 is 15.4 Å². The summed E-state index contributed by atoms with van der Waals surface area (Å²) in [5.41, 5.74) is 0.638. The zero-order valence-electron chi connectivity index (χ0n) is 15.8. The predicted molar refractivity (Wildman–Crippen MR) is 108 cm³/mol. The Hall–Kier alpha value is -1.30. The number of hydrogen-bond donors (Lipinski definition) is 2. The van der Waals surface area contributed by atoms with E-state index in [1.807, 2.05) is 18.2 Å². The summed E-state index contributed by atoms with van der Waals surface area (Å²) in [6.45, 7) is 2.73. The molecule has 1 fully saturated rings. The Morgan fingerprint density at radius 2 is 1.88 bits per heavy atom. The Bertz CT molecular complexity index is 506. The third-order valence-corrected chi connectivity index (χ3v) is 4.56. The van der Waals surface area contributed by atoms with Crippen molar-refractivity contribution in [2.45, 2.75) is 51.0 Å². The second-order valence-corrected chi connectivity index (χ2v) is 6.62. The highest BCUT2D eigenvalue weighted by Crippen LogP contribution is 2.17. The van der Waals surface area contributed by atoms with Crippen molar-refractivity contribution in [3.63, 3.8) is 0 Å². The van der Waals surface area contributed by atoms with Crippen molar-refractivity contribution in [3.05, 3.63) is 29.8 Å². The van der Waals surface area contributed by atoms with E-state index < -0.39 is 0 Å². The summed E-state index contributed by atoms with van der Waals surface area (Å²) in [7, 11) is 1.68. The maximum atomic E-state index is 12.3. The molecule has 1 aromatic rings. The van der Waals surface area contributed by atoms with E-state index in [4.69, 9.17) is 9.47 Å². The molecule has 148 valence electrons. The fourth-order valence-corrected chi connectivity index (χ4v) is 3.16. The van der Waals surface area contributed by atoms with Gasteiger partial charge in [0.1, 0.15) is 5.75 Å². The van der Waals surface area contributed by atoms with Gasteiger partial charge < -0.3 is 20.1 Å². The Balaban J connectivity index is 0.00000338. The summed E-state index contributed by atoms with van der Waals surface area (Å²) < 4.78 is 10.6. The van der Waals surface area contributed by atoms with Gasteiger partial charge in [0.25, 0.3) is 5.91 Å². The van der Waals surface area contributed by atoms with Crippen LogP contribution in [-0.4, -0.2) is 45.4 Å². The summed E-state index contributed by atoms with van der Waals surface area (Å²) in [6.07, 6.45) is 8.71. The van der Waals surface area contributed by atoms with E-state index in [2.05, 4.69) is 10.6 Å². The summed E-state index contributed by atoms with van der Waals surface area (Å²) >= 11 is 0. The van der Waals surface area contributed by atoms with Gasteiger partial charge in [0, 0.05) is 44.8 Å². The molecule has 0 radical (unpaired) electrons. The lowest BCUT2D eigenvalue weighted by Gasteiger charge is -2.16. The topological polar surface area (TPSA) is 59.6 Å². The molecule has 26 heavy (non-hydrogen) atoms. The molecule has 6 heteroatoms. The van der Waals surface area contributed by atoms with Gasteiger partial charge in [-0.2, -0.15) is 0 Å². The van der Waals surface area contributed by atoms with Crippen LogP contribution >= 0.6 is 12.4 Å². The molecule has 5 nitrogen and oxygen atoms in total. The minimum atomic E-state index is -0.0509. The first-order chi connectivity index (χ1) is 12.3. The molecule has 0 unspecified atom stereocenters. The van der Waals surface area contributed by atoms with Crippen LogP contribution in [0.3, 0.4) is 0 Å². The van der Waals surface area contributed by atoms with E-state index in [-0.39, 0.29) is 18.3 Å². The number of benzene rings is 1. The molecule has 0 atom stereocenters. The number of methoxy groups -OCH3 is 1. The standard InChI is InChI=1S/C20H32N2O3.ClH/c1-24-14-7-15-25-19-11-6-8-17(16-19)20(23)22-13-12-21-18-9-4-2-3-5-10-18;/h6,8,11,16,18,21H,2-5,7,9-10,12-15H2,1H3,(H,22,23);1H. The van der Waals surface area contributed by atoms with E-state index >= 15 is 0 Å². The Morgan fingerprint density at radius 3 is 2.62 bits per heavy atom. The van der Waals surface area contributed by atoms with Gasteiger partial charge >= 0.3 is 0 Å². The molecular weight excluding hydrogens is 352 g/mol. The molecule has 0 spiro atoms. The van der Waals surface area contributed by atoms with Crippen LogP contribution in [0.4, 0.5) is 0 Å². The molecule has 1 aliphatic rings. The SMILES string of the molecule is COCCCOc1cccc(C(=O)NCCNC2CCCCCC2)c1.Cl. The van der Waals surface area contributed by atoms with E-state index in [9.17, 15) is 4.79 Å². The summed E-state index contributed by atoms with van der Waals surface area (Å²) in [6, 6.07) is 7.95. The lowest BCUT2D eigenvalue weighted by molar-refractivity contribution is 0.0953. The molecule has 0 saturated heterocycles. The summed E-state index contributed by atoms with van der Waals surface area (Å²) in [4.78, 5) is 12.3. The van der Waals surface area contributed by atoms with Gasteiger partial charge in [-0.25, -0.2) is 0 Å². The first-order valence-electron chi connectivity index (χ1n) is 9.53. The molecule has 1 aliphatic carbocycles. The molecule has 0 heterocycles. The molecular formula is C20H33ClN2O3. The number of halogens is 1. The van der Waals surface area contributed by atoms with Crippen LogP contribution in [0.25, 0.3) is 0 Å². The van der Waals surface area contributed by atoms with Crippen molar-refractivity contribution in [2.75, 3.05) is 33.4 Å². The van der Waals surface area contributed by atoms with Gasteiger partial charge in [0.2, 0.25) is 0 Å². The average molecular weight is 385 g/mol. The smallest absolute Gasteiger partial charge is 0.251 e. The van der Waals surface area contributed by atoms with Crippen molar-refractivity contribution in [1.29, 1.82) is 0 Å². The third-order valence-electron chi connectivity index (χ3n) is 4.56. The van der Waals surface area contributed by atoms with Gasteiger partial charge in [-0.05, 0) is 31.0 Å². The minimum absolute atomic E-state index is 0. The molecule has 1 amide bonds. The fourth-order valence-electron chi connectivity index (χ4n) is 3.16. The maximum Gasteiger partial charge on any atom is 0.251 e. The van der Waals surface area contributed by atoms with Crippen molar-refractivity contribution < 1.29 is 14.3 Å². The molecule has 2 rings (SSSR count). The third kappa shape index (κ3) is 8.88. The number of amides is 1. The Kier molecular flexibility index (Phi) is 12.1. The van der Waals surface area contributed by atoms with Gasteiger partial charge in [-0.1, -0.05) is 31.7 Å². The highest BCUT2D eigenvalue weighted by atomic mass is 35.5. The number of nitrogens with one attached hydrogen (secondary N) is 2. The van der Waals surface area contributed by atoms with E-state index in [1.165, 1.54) is 38.5 Å². The van der Waals surface area contributed by atoms with Gasteiger partial charge in [-0.15, -0.1) is 12.4 Å². The molecule has 1 saturated carbocycles. The van der Waals surface area contributed by atoms with E-state index in [0.29, 0.717) is 31.4 Å². The number of carbonyl (C=O) groups is 1. The Labute approximate surface area is 163 Å². The van der Waals surface area contributed by atoms with Crippen molar-refractivity contribution >= 4 is 18.3 Å². The van der Waals surface area contributed by atoms with Crippen LogP contribution in [0, 0.1) is 0 Å². The zero-order chi connectivity index (χ0) is 17.7. The first-order valence-corrected chi connectivity index (χ1v) is 9.53. The van der Waals surface area contributed by atoms with E-state index in [0.717, 1.165) is 18.7 Å². The van der Waals surface area contributed by atoms with Crippen molar-refractivity contribution in [3.8, 4) is 5.75 Å². The normalized spacial score (nSPS) is 15.0. The minimum Gasteiger partial charge on any atom is -0.493 e. The predicted octanol–water partition coefficient (Wildman–Crippen LogP) is 3.57. The van der Waals surface area contributed by atoms with Crippen LogP contribution in [0.5, 0.6) is 5.75 Å². The number of hydrogen-bond acceptors (Lipinski definition) is 4. The fraction of sp³-hybridized carbons (Fsp3) is 0.650. The highest BCUT2D eigenvalue weighted by Gasteiger charge is 2.11. The second kappa shape index (κ2) is 13.8. The van der Waals surface area contributed by atoms with Gasteiger partial charge in [0.15, 0.2) is 0 Å². The second-order valence-electron chi connectivity index (χ2n) is 6.62. The number of rotatable bonds is 10. The maximum absolute atomic E-state index is 12.3. The van der Waals surface area contributed by atoms with Gasteiger partial charge in [0.05, 0.1) is 6.61 Å². The number of carbonyl (C=O) groups excluding carboxylic acids is 1. The molecule has 0 aromatic heterocycles. The largest absolute Gasteiger partial charge is 0.493 e. The van der Waals surface area contributed by atoms with Crippen LogP contribution in [0.2, 0.25) is 0 Å². The van der Waals surface area contributed by atoms with Crippen LogP contribution in [-0.2, 0) is 4.74 Å². The zero-order valence-corrected chi connectivity index (χ0v) is 16.6. The van der Waals surface area contributed by atoms with Crippen molar-refractivity contribution in [2.24, 2.45) is 0 Å². The van der Waals surface area contributed by atoms with Crippen LogP contribution in [0.1, 0.15) is 55.3 Å². The Morgan fingerprint density at radius 1 is 1.12 bits per heavy atom. The monoisotopic (exact) mass is 384 g/mol. The molecule has 0 bridgehead atoms. The lowest BCUT2D eigenvalue weighted by atomic mass is 10.1. The first kappa shape index (κ1) is 22.7. The summed E-state index contributed by atoms with van der Waals surface area (Å²) in [5.74, 6) is 0.672. The highest BCUT2D eigenvalue weighted by molar-refractivity contribution is 5.94. The molecule has 2 N–H and O–H groups in total. The lowest BCUT2D eigenvalue weighted by Crippen LogP contribution is -2.36. The summed E-state index contributed by atoms with van der Waals surface area (Å²) in [5, 5.41) is 6.55. The average Bonchev–Trinajstić information content (AvgIpc) is 2.91. The van der Waals surface area contributed by atoms with E-state index in [1.54, 1.807) is 13.2 Å². The quantitative estimate of drug-likeness (QED) is 0.478. The van der Waals surface area contributed by atoms with Gasteiger partial charge in [-0.3, -0.25) is 4.79 Å². The van der Waals surface area contributed by atoms with Crippen LogP contribution in [0.15, 0.2) is 24.3 Å². The van der Waals surface area contributed by atoms with Crippen molar-refractivity contribution in [1.82, 2.24) is 10.6 Å².